The average Bonchev–Trinajstić information content (AvgIpc) is 2.70. The number of alkyl carbamates (subject to hydrolysis) is 1. The van der Waals surface area contributed by atoms with E-state index in [9.17, 15) is 19.5 Å². The molecule has 0 aliphatic rings. The molecule has 188 valence electrons. The molecule has 3 unspecified atom stereocenters. The fourth-order valence-electron chi connectivity index (χ4n) is 3.52. The van der Waals surface area contributed by atoms with E-state index < -0.39 is 35.6 Å². The lowest BCUT2D eigenvalue weighted by atomic mass is 9.99. The molecule has 1 rings (SSSR count). The number of carbonyl (C=O) groups excluding carboxylic acids is 3. The smallest absolute Gasteiger partial charge is 0.408 e. The van der Waals surface area contributed by atoms with Gasteiger partial charge >= 0.3 is 6.09 Å². The van der Waals surface area contributed by atoms with Crippen LogP contribution in [0.2, 0.25) is 0 Å². The van der Waals surface area contributed by atoms with E-state index >= 15 is 0 Å². The molecule has 0 saturated heterocycles. The van der Waals surface area contributed by atoms with E-state index in [0.717, 1.165) is 17.7 Å². The number of phenols is 1. The van der Waals surface area contributed by atoms with E-state index in [2.05, 4.69) is 16.7 Å². The molecule has 3 N–H and O–H groups in total. The van der Waals surface area contributed by atoms with E-state index in [4.69, 9.17) is 11.2 Å². The van der Waals surface area contributed by atoms with Gasteiger partial charge in [0.1, 0.15) is 17.4 Å². The lowest BCUT2D eigenvalue weighted by Gasteiger charge is -2.31. The molecule has 3 amide bonds. The van der Waals surface area contributed by atoms with Gasteiger partial charge in [-0.25, -0.2) is 4.79 Å². The Morgan fingerprint density at radius 2 is 1.76 bits per heavy atom. The summed E-state index contributed by atoms with van der Waals surface area (Å²) < 4.78 is 5.31. The second-order valence-corrected chi connectivity index (χ2v) is 9.83. The summed E-state index contributed by atoms with van der Waals surface area (Å²) in [5.74, 6) is -1.30. The van der Waals surface area contributed by atoms with Crippen LogP contribution in [0.4, 0.5) is 4.79 Å². The maximum atomic E-state index is 13.6. The van der Waals surface area contributed by atoms with Crippen LogP contribution in [-0.4, -0.2) is 45.6 Å². The van der Waals surface area contributed by atoms with Gasteiger partial charge in [-0.1, -0.05) is 51.8 Å². The molecule has 0 radical (unpaired) electrons. The third kappa shape index (κ3) is 8.97. The highest BCUT2D eigenvalue weighted by molar-refractivity contribution is 5.93. The van der Waals surface area contributed by atoms with Gasteiger partial charge in [-0.15, -0.1) is 0 Å². The van der Waals surface area contributed by atoms with Crippen molar-refractivity contribution in [3.05, 3.63) is 29.8 Å². The molecule has 0 aromatic heterocycles. The van der Waals surface area contributed by atoms with Crippen molar-refractivity contribution < 1.29 is 24.2 Å². The van der Waals surface area contributed by atoms with Crippen molar-refractivity contribution in [2.24, 2.45) is 5.92 Å². The normalized spacial score (nSPS) is 13.9. The number of hydrogen-bond donors (Lipinski definition) is 3. The van der Waals surface area contributed by atoms with Crippen LogP contribution in [-0.2, 0) is 14.3 Å². The van der Waals surface area contributed by atoms with Crippen molar-refractivity contribution in [2.45, 2.75) is 91.5 Å². The largest absolute Gasteiger partial charge is 0.508 e. The maximum absolute atomic E-state index is 13.6. The van der Waals surface area contributed by atoms with Gasteiger partial charge in [-0.05, 0) is 52.5 Å². The van der Waals surface area contributed by atoms with Gasteiger partial charge in [0.25, 0.3) is 5.91 Å². The third-order valence-electron chi connectivity index (χ3n) is 4.92. The van der Waals surface area contributed by atoms with Gasteiger partial charge in [0, 0.05) is 17.6 Å². The van der Waals surface area contributed by atoms with Crippen molar-refractivity contribution in [2.75, 3.05) is 0 Å². The minimum atomic E-state index is -1.28. The molecule has 0 spiro atoms. The second kappa shape index (κ2) is 12.9. The van der Waals surface area contributed by atoms with Crippen LogP contribution >= 0.6 is 0 Å². The first-order chi connectivity index (χ1) is 15.8. The Bertz CT molecular complexity index is 885. The Morgan fingerprint density at radius 3 is 2.26 bits per heavy atom. The number of hydrogen-bond acceptors (Lipinski definition) is 5. The molecule has 0 aliphatic heterocycles. The standard InChI is InChI=1S/C26H39N3O5/c1-9-13-18(5)27-23(31)22(19-14-11-12-15-21(19)30)29(10-2)24(32)20(16-17(3)4)28-25(33)34-26(6,7)8/h2,11-12,14-15,17-18,20,22,30H,9,13,16H2,1,3-8H3,(H,27,31)(H,28,33). The molecule has 1 aromatic carbocycles. The molecule has 0 saturated carbocycles. The Hall–Kier alpha value is -3.21. The molecule has 3 atom stereocenters. The summed E-state index contributed by atoms with van der Waals surface area (Å²) in [5, 5.41) is 15.9. The SMILES string of the molecule is C#CN(C(=O)C(CC(C)C)NC(=O)OC(C)(C)C)C(C(=O)NC(C)CCC)c1ccccc1O. The number of carbonyl (C=O) groups is 3. The van der Waals surface area contributed by atoms with Gasteiger partial charge in [0.15, 0.2) is 6.04 Å². The summed E-state index contributed by atoms with van der Waals surface area (Å²) in [6.07, 6.45) is 6.85. The third-order valence-corrected chi connectivity index (χ3v) is 4.92. The second-order valence-electron chi connectivity index (χ2n) is 9.83. The number of para-hydroxylation sites is 1. The molecular formula is C26H39N3O5. The lowest BCUT2D eigenvalue weighted by Crippen LogP contribution is -2.52. The molecule has 8 heteroatoms. The number of ether oxygens (including phenoxy) is 1. The zero-order valence-corrected chi connectivity index (χ0v) is 21.3. The summed E-state index contributed by atoms with van der Waals surface area (Å²) in [6, 6.07) is 6.06. The predicted octanol–water partition coefficient (Wildman–Crippen LogP) is 4.10. The molecular weight excluding hydrogens is 434 g/mol. The molecule has 34 heavy (non-hydrogen) atoms. The van der Waals surface area contributed by atoms with Crippen LogP contribution in [0.3, 0.4) is 0 Å². The Labute approximate surface area is 203 Å². The van der Waals surface area contributed by atoms with Crippen LogP contribution in [0, 0.1) is 18.4 Å². The van der Waals surface area contributed by atoms with E-state index in [0.29, 0.717) is 0 Å². The summed E-state index contributed by atoms with van der Waals surface area (Å²) in [4.78, 5) is 40.3. The quantitative estimate of drug-likeness (QED) is 0.350. The number of phenolic OH excluding ortho intramolecular Hbond substituents is 1. The minimum Gasteiger partial charge on any atom is -0.508 e. The molecule has 8 nitrogen and oxygen atoms in total. The summed E-state index contributed by atoms with van der Waals surface area (Å²) in [6.45, 7) is 12.8. The maximum Gasteiger partial charge on any atom is 0.408 e. The molecule has 1 aromatic rings. The number of nitrogens with zero attached hydrogens (tertiary/aromatic N) is 1. The average molecular weight is 474 g/mol. The van der Waals surface area contributed by atoms with Crippen LogP contribution in [0.1, 0.15) is 79.3 Å². The summed E-state index contributed by atoms with van der Waals surface area (Å²) >= 11 is 0. The number of rotatable bonds is 10. The first kappa shape index (κ1) is 28.8. The number of aromatic hydroxyl groups is 1. The molecule has 0 fully saturated rings. The van der Waals surface area contributed by atoms with E-state index in [1.807, 2.05) is 27.7 Å². The zero-order chi connectivity index (χ0) is 26.1. The number of terminal acetylenes is 1. The lowest BCUT2D eigenvalue weighted by molar-refractivity contribution is -0.139. The van der Waals surface area contributed by atoms with E-state index in [-0.39, 0.29) is 29.7 Å². The van der Waals surface area contributed by atoms with Crippen LogP contribution in [0.15, 0.2) is 24.3 Å². The van der Waals surface area contributed by atoms with Gasteiger partial charge in [-0.3, -0.25) is 14.5 Å². The Morgan fingerprint density at radius 1 is 1.15 bits per heavy atom. The number of nitrogens with one attached hydrogen (secondary N) is 2. The topological polar surface area (TPSA) is 108 Å². The Kier molecular flexibility index (Phi) is 10.9. The Balaban J connectivity index is 3.38. The highest BCUT2D eigenvalue weighted by atomic mass is 16.6. The highest BCUT2D eigenvalue weighted by Gasteiger charge is 2.37. The summed E-state index contributed by atoms with van der Waals surface area (Å²) in [5.41, 5.74) is -0.565. The molecule has 0 aliphatic carbocycles. The fraction of sp³-hybridized carbons (Fsp3) is 0.577. The van der Waals surface area contributed by atoms with Gasteiger partial charge < -0.3 is 20.5 Å². The first-order valence-corrected chi connectivity index (χ1v) is 11.7. The number of benzene rings is 1. The van der Waals surface area contributed by atoms with Crippen LogP contribution < -0.4 is 10.6 Å². The van der Waals surface area contributed by atoms with Crippen molar-refractivity contribution in [1.82, 2.24) is 15.5 Å². The van der Waals surface area contributed by atoms with Gasteiger partial charge in [0.2, 0.25) is 5.91 Å². The molecule has 0 bridgehead atoms. The monoisotopic (exact) mass is 473 g/mol. The van der Waals surface area contributed by atoms with Crippen molar-refractivity contribution >= 4 is 17.9 Å². The van der Waals surface area contributed by atoms with E-state index in [1.165, 1.54) is 6.07 Å². The van der Waals surface area contributed by atoms with Crippen molar-refractivity contribution in [1.29, 1.82) is 0 Å². The number of amides is 3. The van der Waals surface area contributed by atoms with E-state index in [1.54, 1.807) is 39.0 Å². The zero-order valence-electron chi connectivity index (χ0n) is 21.3. The van der Waals surface area contributed by atoms with Gasteiger partial charge in [0.05, 0.1) is 0 Å². The highest BCUT2D eigenvalue weighted by Crippen LogP contribution is 2.30. The van der Waals surface area contributed by atoms with Gasteiger partial charge in [-0.2, -0.15) is 0 Å². The first-order valence-electron chi connectivity index (χ1n) is 11.7. The summed E-state index contributed by atoms with van der Waals surface area (Å²) in [7, 11) is 0. The fourth-order valence-corrected chi connectivity index (χ4v) is 3.52. The minimum absolute atomic E-state index is 0.0329. The van der Waals surface area contributed by atoms with Crippen LogP contribution in [0.5, 0.6) is 5.75 Å². The van der Waals surface area contributed by atoms with Crippen LogP contribution in [0.25, 0.3) is 0 Å². The van der Waals surface area contributed by atoms with Crippen molar-refractivity contribution in [3.8, 4) is 18.2 Å². The predicted molar refractivity (Wildman–Crippen MR) is 132 cm³/mol. The van der Waals surface area contributed by atoms with Crippen molar-refractivity contribution in [3.63, 3.8) is 0 Å². The molecule has 0 heterocycles.